The first-order valence-electron chi connectivity index (χ1n) is 4.21. The zero-order valence-electron chi connectivity index (χ0n) is 7.76. The van der Waals surface area contributed by atoms with Gasteiger partial charge in [-0.1, -0.05) is 6.07 Å². The van der Waals surface area contributed by atoms with E-state index in [4.69, 9.17) is 11.0 Å². The summed E-state index contributed by atoms with van der Waals surface area (Å²) < 4.78 is 26.5. The minimum Gasteiger partial charge on any atom is -0.365 e. The lowest BCUT2D eigenvalue weighted by Crippen LogP contribution is -2.16. The number of aryl methyl sites for hydroxylation is 1. The molecule has 0 saturated heterocycles. The number of hydrogen-bond acceptors (Lipinski definition) is 2. The molecule has 0 fully saturated rings. The molecule has 0 spiro atoms. The molecule has 1 rings (SSSR count). The molecule has 0 aromatic heterocycles. The van der Waals surface area contributed by atoms with E-state index in [0.717, 1.165) is 6.07 Å². The van der Waals surface area contributed by atoms with Gasteiger partial charge < -0.3 is 5.73 Å². The van der Waals surface area contributed by atoms with Gasteiger partial charge in [0.1, 0.15) is 17.2 Å². The van der Waals surface area contributed by atoms with E-state index in [9.17, 15) is 13.6 Å². The zero-order chi connectivity index (χ0) is 11.4. The predicted octanol–water partition coefficient (Wildman–Crippen LogP) is 1.52. The molecule has 0 aliphatic carbocycles. The molecule has 0 aliphatic heterocycles. The van der Waals surface area contributed by atoms with Crippen LogP contribution in [0, 0.1) is 23.0 Å². The van der Waals surface area contributed by atoms with Crippen LogP contribution in [0.1, 0.15) is 22.3 Å². The average Bonchev–Trinajstić information content (AvgIpc) is 2.16. The van der Waals surface area contributed by atoms with Crippen LogP contribution in [0.25, 0.3) is 0 Å². The second kappa shape index (κ2) is 4.51. The molecule has 0 bridgehead atoms. The largest absolute Gasteiger partial charge is 0.365 e. The Bertz CT molecular complexity index is 438. The molecule has 0 radical (unpaired) electrons. The summed E-state index contributed by atoms with van der Waals surface area (Å²) in [6.45, 7) is 0. The molecule has 1 amide bonds. The van der Waals surface area contributed by atoms with E-state index in [1.807, 2.05) is 6.07 Å². The topological polar surface area (TPSA) is 66.9 Å². The van der Waals surface area contributed by atoms with Gasteiger partial charge in [-0.05, 0) is 18.1 Å². The van der Waals surface area contributed by atoms with Gasteiger partial charge in [0.2, 0.25) is 0 Å². The fraction of sp³-hybridized carbons (Fsp3) is 0.200. The van der Waals surface area contributed by atoms with E-state index in [2.05, 4.69) is 0 Å². The lowest BCUT2D eigenvalue weighted by Gasteiger charge is -2.05. The van der Waals surface area contributed by atoms with E-state index >= 15 is 0 Å². The van der Waals surface area contributed by atoms with Crippen LogP contribution in [0.2, 0.25) is 0 Å². The number of halogens is 2. The maximum absolute atomic E-state index is 13.5. The van der Waals surface area contributed by atoms with Crippen LogP contribution in [0.4, 0.5) is 8.78 Å². The van der Waals surface area contributed by atoms with Crippen LogP contribution in [-0.4, -0.2) is 5.91 Å². The summed E-state index contributed by atoms with van der Waals surface area (Å²) in [5, 5.41) is 8.31. The van der Waals surface area contributed by atoms with Gasteiger partial charge in [-0.25, -0.2) is 8.78 Å². The minimum absolute atomic E-state index is 0.0980. The van der Waals surface area contributed by atoms with E-state index in [-0.39, 0.29) is 18.4 Å². The first-order valence-corrected chi connectivity index (χ1v) is 4.21. The third kappa shape index (κ3) is 2.29. The van der Waals surface area contributed by atoms with Gasteiger partial charge in [0, 0.05) is 6.42 Å². The van der Waals surface area contributed by atoms with Crippen molar-refractivity contribution in [2.24, 2.45) is 5.73 Å². The fourth-order valence-corrected chi connectivity index (χ4v) is 1.21. The van der Waals surface area contributed by atoms with E-state index in [0.29, 0.717) is 0 Å². The van der Waals surface area contributed by atoms with Crippen LogP contribution < -0.4 is 5.73 Å². The molecule has 5 heteroatoms. The van der Waals surface area contributed by atoms with Crippen molar-refractivity contribution in [1.29, 1.82) is 5.26 Å². The third-order valence-corrected chi connectivity index (χ3v) is 1.92. The molecule has 0 atom stereocenters. The summed E-state index contributed by atoms with van der Waals surface area (Å²) in [5.74, 6) is -3.11. The molecule has 1 aromatic carbocycles. The molecule has 15 heavy (non-hydrogen) atoms. The Kier molecular flexibility index (Phi) is 3.34. The molecule has 0 aliphatic rings. The molecule has 0 unspecified atom stereocenters. The highest BCUT2D eigenvalue weighted by Gasteiger charge is 2.17. The number of rotatable bonds is 3. The molecule has 0 saturated carbocycles. The van der Waals surface area contributed by atoms with E-state index in [1.54, 1.807) is 0 Å². The van der Waals surface area contributed by atoms with Gasteiger partial charge in [0.05, 0.1) is 6.07 Å². The highest BCUT2D eigenvalue weighted by Crippen LogP contribution is 2.17. The Morgan fingerprint density at radius 1 is 1.47 bits per heavy atom. The monoisotopic (exact) mass is 210 g/mol. The molecule has 1 aromatic rings. The Balaban J connectivity index is 3.17. The Morgan fingerprint density at radius 2 is 2.13 bits per heavy atom. The number of amides is 1. The van der Waals surface area contributed by atoms with E-state index < -0.39 is 23.1 Å². The van der Waals surface area contributed by atoms with Crippen LogP contribution in [0.3, 0.4) is 0 Å². The van der Waals surface area contributed by atoms with Crippen molar-refractivity contribution in [3.05, 3.63) is 34.9 Å². The van der Waals surface area contributed by atoms with Crippen molar-refractivity contribution in [1.82, 2.24) is 0 Å². The molecule has 3 nitrogen and oxygen atoms in total. The zero-order valence-corrected chi connectivity index (χ0v) is 7.76. The molecular weight excluding hydrogens is 202 g/mol. The number of nitriles is 1. The number of hydrogen-bond donors (Lipinski definition) is 1. The third-order valence-electron chi connectivity index (χ3n) is 1.92. The van der Waals surface area contributed by atoms with Gasteiger partial charge in [0.15, 0.2) is 0 Å². The summed E-state index contributed by atoms with van der Waals surface area (Å²) >= 11 is 0. The fourth-order valence-electron chi connectivity index (χ4n) is 1.21. The van der Waals surface area contributed by atoms with E-state index in [1.165, 1.54) is 6.07 Å². The summed E-state index contributed by atoms with van der Waals surface area (Å²) in [5.41, 5.74) is 4.20. The first kappa shape index (κ1) is 11.1. The Morgan fingerprint density at radius 3 is 2.67 bits per heavy atom. The average molecular weight is 210 g/mol. The summed E-state index contributed by atoms with van der Waals surface area (Å²) in [4.78, 5) is 10.7. The lowest BCUT2D eigenvalue weighted by atomic mass is 10.0. The van der Waals surface area contributed by atoms with Crippen molar-refractivity contribution in [3.63, 3.8) is 0 Å². The number of nitrogens with zero attached hydrogens (tertiary/aromatic N) is 1. The Labute approximate surface area is 85.1 Å². The summed E-state index contributed by atoms with van der Waals surface area (Å²) in [6.07, 6.45) is 0.226. The number of carbonyl (C=O) groups excluding carboxylic acids is 1. The highest BCUT2D eigenvalue weighted by molar-refractivity contribution is 5.93. The highest BCUT2D eigenvalue weighted by atomic mass is 19.1. The number of benzene rings is 1. The second-order valence-corrected chi connectivity index (χ2v) is 2.92. The Hall–Kier alpha value is -1.96. The van der Waals surface area contributed by atoms with Crippen molar-refractivity contribution in [3.8, 4) is 6.07 Å². The van der Waals surface area contributed by atoms with Crippen LogP contribution in [0.5, 0.6) is 0 Å². The van der Waals surface area contributed by atoms with Crippen molar-refractivity contribution in [2.45, 2.75) is 12.8 Å². The SMILES string of the molecule is N#CCCc1ccc(F)c(C(N)=O)c1F. The summed E-state index contributed by atoms with van der Waals surface area (Å²) in [6, 6.07) is 4.00. The van der Waals surface area contributed by atoms with Crippen molar-refractivity contribution >= 4 is 5.91 Å². The van der Waals surface area contributed by atoms with Gasteiger partial charge >= 0.3 is 0 Å². The number of carbonyl (C=O) groups is 1. The second-order valence-electron chi connectivity index (χ2n) is 2.92. The molecule has 78 valence electrons. The smallest absolute Gasteiger partial charge is 0.254 e. The lowest BCUT2D eigenvalue weighted by molar-refractivity contribution is 0.0992. The van der Waals surface area contributed by atoms with Gasteiger partial charge in [-0.15, -0.1) is 0 Å². The molecule has 2 N–H and O–H groups in total. The van der Waals surface area contributed by atoms with Gasteiger partial charge in [-0.2, -0.15) is 5.26 Å². The molecule has 0 heterocycles. The van der Waals surface area contributed by atoms with Gasteiger partial charge in [-0.3, -0.25) is 4.79 Å². The van der Waals surface area contributed by atoms with Gasteiger partial charge in [0.25, 0.3) is 5.91 Å². The van der Waals surface area contributed by atoms with Crippen LogP contribution in [0.15, 0.2) is 12.1 Å². The predicted molar refractivity (Wildman–Crippen MR) is 48.8 cm³/mol. The quantitative estimate of drug-likeness (QED) is 0.821. The van der Waals surface area contributed by atoms with Crippen molar-refractivity contribution in [2.75, 3.05) is 0 Å². The first-order chi connectivity index (χ1) is 7.07. The molecular formula is C10H8F2N2O. The number of primary amides is 1. The standard InChI is InChI=1S/C10H8F2N2O/c11-7-4-3-6(2-1-5-13)9(12)8(7)10(14)15/h3-4H,1-2H2,(H2,14,15). The maximum Gasteiger partial charge on any atom is 0.254 e. The van der Waals surface area contributed by atoms with Crippen LogP contribution >= 0.6 is 0 Å². The number of nitrogens with two attached hydrogens (primary N) is 1. The normalized spacial score (nSPS) is 9.67. The maximum atomic E-state index is 13.5. The summed E-state index contributed by atoms with van der Waals surface area (Å²) in [7, 11) is 0. The van der Waals surface area contributed by atoms with Crippen LogP contribution in [-0.2, 0) is 6.42 Å². The van der Waals surface area contributed by atoms with Crippen molar-refractivity contribution < 1.29 is 13.6 Å². The minimum atomic E-state index is -1.15.